The van der Waals surface area contributed by atoms with Crippen LogP contribution < -0.4 is 14.8 Å². The molecular formula is C22H27IN2O5. The molecule has 0 bridgehead atoms. The molecule has 1 aromatic rings. The van der Waals surface area contributed by atoms with Crippen LogP contribution in [0.15, 0.2) is 17.7 Å². The normalized spacial score (nSPS) is 19.9. The SMILES string of the molecule is CCOc1cc(/C=C2\C(=O)NC(=O)N(C3CCCC3)C2=O)cc(I)c1O[C@H](C)CC. The average Bonchev–Trinajstić information content (AvgIpc) is 3.22. The summed E-state index contributed by atoms with van der Waals surface area (Å²) in [6, 6.07) is 2.81. The van der Waals surface area contributed by atoms with Crippen LogP contribution in [0.4, 0.5) is 4.79 Å². The number of carbonyl (C=O) groups is 3. The van der Waals surface area contributed by atoms with Crippen molar-refractivity contribution in [2.75, 3.05) is 6.61 Å². The lowest BCUT2D eigenvalue weighted by Crippen LogP contribution is -2.57. The van der Waals surface area contributed by atoms with Crippen molar-refractivity contribution in [2.45, 2.75) is 65.0 Å². The highest BCUT2D eigenvalue weighted by Gasteiger charge is 2.40. The summed E-state index contributed by atoms with van der Waals surface area (Å²) in [7, 11) is 0. The molecule has 162 valence electrons. The third-order valence-electron chi connectivity index (χ3n) is 5.36. The molecule has 1 aliphatic carbocycles. The monoisotopic (exact) mass is 526 g/mol. The van der Waals surface area contributed by atoms with Crippen molar-refractivity contribution in [3.8, 4) is 11.5 Å². The zero-order valence-electron chi connectivity index (χ0n) is 17.5. The van der Waals surface area contributed by atoms with Gasteiger partial charge < -0.3 is 9.47 Å². The van der Waals surface area contributed by atoms with Gasteiger partial charge in [-0.1, -0.05) is 19.8 Å². The fourth-order valence-corrected chi connectivity index (χ4v) is 4.42. The first kappa shape index (κ1) is 22.6. The van der Waals surface area contributed by atoms with E-state index in [9.17, 15) is 14.4 Å². The largest absolute Gasteiger partial charge is 0.490 e. The van der Waals surface area contributed by atoms with Crippen LogP contribution in [0.5, 0.6) is 11.5 Å². The Hall–Kier alpha value is -2.10. The van der Waals surface area contributed by atoms with Crippen molar-refractivity contribution in [1.82, 2.24) is 10.2 Å². The van der Waals surface area contributed by atoms with Gasteiger partial charge in [0.25, 0.3) is 11.8 Å². The Morgan fingerprint density at radius 2 is 1.93 bits per heavy atom. The molecule has 3 rings (SSSR count). The van der Waals surface area contributed by atoms with Crippen LogP contribution in [-0.2, 0) is 9.59 Å². The highest BCUT2D eigenvalue weighted by atomic mass is 127. The maximum atomic E-state index is 13.0. The number of rotatable bonds is 7. The second kappa shape index (κ2) is 9.80. The Balaban J connectivity index is 1.96. The number of benzene rings is 1. The summed E-state index contributed by atoms with van der Waals surface area (Å²) in [5.74, 6) is -0.00392. The molecule has 2 fully saturated rings. The fourth-order valence-electron chi connectivity index (χ4n) is 3.66. The van der Waals surface area contributed by atoms with Crippen molar-refractivity contribution in [2.24, 2.45) is 0 Å². The molecule has 0 aromatic heterocycles. The summed E-state index contributed by atoms with van der Waals surface area (Å²) >= 11 is 2.16. The van der Waals surface area contributed by atoms with Crippen molar-refractivity contribution >= 4 is 46.5 Å². The second-order valence-electron chi connectivity index (χ2n) is 7.53. The minimum absolute atomic E-state index is 0.0265. The minimum atomic E-state index is -0.674. The van der Waals surface area contributed by atoms with Gasteiger partial charge in [0.2, 0.25) is 0 Å². The summed E-state index contributed by atoms with van der Waals surface area (Å²) in [5, 5.41) is 2.31. The van der Waals surface area contributed by atoms with Gasteiger partial charge in [-0.05, 0) is 79.5 Å². The van der Waals surface area contributed by atoms with Crippen LogP contribution in [0.2, 0.25) is 0 Å². The van der Waals surface area contributed by atoms with E-state index in [0.717, 1.165) is 35.7 Å². The van der Waals surface area contributed by atoms with Crippen LogP contribution in [0, 0.1) is 3.57 Å². The van der Waals surface area contributed by atoms with E-state index in [2.05, 4.69) is 27.9 Å². The van der Waals surface area contributed by atoms with Crippen LogP contribution in [0.3, 0.4) is 0 Å². The maximum absolute atomic E-state index is 13.0. The maximum Gasteiger partial charge on any atom is 0.331 e. The standard InChI is InChI=1S/C22H27IN2O5/c1-4-13(3)30-19-17(23)11-14(12-18(19)29-5-2)10-16-20(26)24-22(28)25(21(16)27)15-8-6-7-9-15/h10-13,15H,4-9H2,1-3H3,(H,24,26,28)/b16-10+/t13-/m1/s1. The Morgan fingerprint density at radius 1 is 1.23 bits per heavy atom. The van der Waals surface area contributed by atoms with Gasteiger partial charge in [0.15, 0.2) is 11.5 Å². The van der Waals surface area contributed by atoms with Gasteiger partial charge in [-0.15, -0.1) is 0 Å². The lowest BCUT2D eigenvalue weighted by atomic mass is 10.0. The fraction of sp³-hybridized carbons (Fsp3) is 0.500. The first-order chi connectivity index (χ1) is 14.3. The number of carbonyl (C=O) groups excluding carboxylic acids is 3. The molecule has 0 spiro atoms. The predicted octanol–water partition coefficient (Wildman–Crippen LogP) is 4.27. The summed E-state index contributed by atoms with van der Waals surface area (Å²) in [5.41, 5.74) is 0.592. The van der Waals surface area contributed by atoms with E-state index in [-0.39, 0.29) is 17.7 Å². The zero-order chi connectivity index (χ0) is 21.8. The average molecular weight is 526 g/mol. The number of nitrogens with one attached hydrogen (secondary N) is 1. The minimum Gasteiger partial charge on any atom is -0.490 e. The number of hydrogen-bond acceptors (Lipinski definition) is 5. The van der Waals surface area contributed by atoms with Gasteiger partial charge in [0.05, 0.1) is 16.3 Å². The molecule has 1 heterocycles. The van der Waals surface area contributed by atoms with Crippen molar-refractivity contribution in [3.05, 3.63) is 26.8 Å². The lowest BCUT2D eigenvalue weighted by molar-refractivity contribution is -0.131. The van der Waals surface area contributed by atoms with E-state index in [4.69, 9.17) is 9.47 Å². The van der Waals surface area contributed by atoms with Crippen molar-refractivity contribution in [1.29, 1.82) is 0 Å². The zero-order valence-corrected chi connectivity index (χ0v) is 19.7. The Bertz CT molecular complexity index is 877. The molecule has 0 radical (unpaired) electrons. The lowest BCUT2D eigenvalue weighted by Gasteiger charge is -2.31. The molecule has 1 aromatic carbocycles. The quantitative estimate of drug-likeness (QED) is 0.326. The first-order valence-electron chi connectivity index (χ1n) is 10.4. The van der Waals surface area contributed by atoms with Crippen LogP contribution in [-0.4, -0.2) is 41.5 Å². The molecule has 4 amide bonds. The third kappa shape index (κ3) is 4.79. The molecule has 1 aliphatic heterocycles. The van der Waals surface area contributed by atoms with E-state index >= 15 is 0 Å². The molecule has 2 aliphatic rings. The molecule has 7 nitrogen and oxygen atoms in total. The summed E-state index contributed by atoms with van der Waals surface area (Å²) in [6.07, 6.45) is 5.89. The highest BCUT2D eigenvalue weighted by Crippen LogP contribution is 2.36. The number of urea groups is 1. The summed E-state index contributed by atoms with van der Waals surface area (Å²) in [4.78, 5) is 38.9. The molecule has 8 heteroatoms. The van der Waals surface area contributed by atoms with Crippen LogP contribution in [0.25, 0.3) is 6.08 Å². The van der Waals surface area contributed by atoms with Gasteiger partial charge in [-0.3, -0.25) is 19.8 Å². The second-order valence-corrected chi connectivity index (χ2v) is 8.69. The van der Waals surface area contributed by atoms with E-state index in [1.54, 1.807) is 6.07 Å². The first-order valence-corrected chi connectivity index (χ1v) is 11.5. The van der Waals surface area contributed by atoms with Gasteiger partial charge in [0.1, 0.15) is 5.57 Å². The van der Waals surface area contributed by atoms with E-state index in [1.165, 1.54) is 11.0 Å². The Kier molecular flexibility index (Phi) is 7.38. The number of nitrogens with zero attached hydrogens (tertiary/aromatic N) is 1. The van der Waals surface area contributed by atoms with Gasteiger partial charge in [-0.2, -0.15) is 0 Å². The molecule has 1 atom stereocenters. The smallest absolute Gasteiger partial charge is 0.331 e. The van der Waals surface area contributed by atoms with Gasteiger partial charge >= 0.3 is 6.03 Å². The number of imide groups is 2. The number of halogens is 1. The summed E-state index contributed by atoms with van der Waals surface area (Å²) in [6.45, 7) is 6.37. The van der Waals surface area contributed by atoms with E-state index < -0.39 is 17.8 Å². The topological polar surface area (TPSA) is 84.9 Å². The number of hydrogen-bond donors (Lipinski definition) is 1. The number of barbiturate groups is 1. The third-order valence-corrected chi connectivity index (χ3v) is 6.16. The van der Waals surface area contributed by atoms with Crippen molar-refractivity contribution in [3.63, 3.8) is 0 Å². The molecule has 0 unspecified atom stereocenters. The molecule has 1 saturated heterocycles. The van der Waals surface area contributed by atoms with Gasteiger partial charge in [0, 0.05) is 6.04 Å². The Morgan fingerprint density at radius 3 is 2.57 bits per heavy atom. The summed E-state index contributed by atoms with van der Waals surface area (Å²) < 4.78 is 12.6. The van der Waals surface area contributed by atoms with Crippen LogP contribution in [0.1, 0.15) is 58.4 Å². The predicted molar refractivity (Wildman–Crippen MR) is 121 cm³/mol. The molecular weight excluding hydrogens is 499 g/mol. The van der Waals surface area contributed by atoms with Crippen molar-refractivity contribution < 1.29 is 23.9 Å². The van der Waals surface area contributed by atoms with Gasteiger partial charge in [-0.25, -0.2) is 4.79 Å². The molecule has 1 N–H and O–H groups in total. The van der Waals surface area contributed by atoms with E-state index in [1.807, 2.05) is 26.8 Å². The molecule has 1 saturated carbocycles. The Labute approximate surface area is 190 Å². The number of ether oxygens (including phenoxy) is 2. The molecule has 30 heavy (non-hydrogen) atoms. The van der Waals surface area contributed by atoms with Crippen LogP contribution >= 0.6 is 22.6 Å². The van der Waals surface area contributed by atoms with E-state index in [0.29, 0.717) is 23.7 Å². The number of amides is 4. The highest BCUT2D eigenvalue weighted by molar-refractivity contribution is 14.1.